The molecule has 0 bridgehead atoms. The highest BCUT2D eigenvalue weighted by molar-refractivity contribution is 7.80. The number of carbonyl (C=O) groups is 1. The topological polar surface area (TPSA) is 50.4 Å². The van der Waals surface area contributed by atoms with E-state index in [-0.39, 0.29) is 11.0 Å². The predicted molar refractivity (Wildman–Crippen MR) is 97.8 cm³/mol. The van der Waals surface area contributed by atoms with Gasteiger partial charge in [-0.25, -0.2) is 0 Å². The summed E-state index contributed by atoms with van der Waals surface area (Å²) in [5.41, 5.74) is 1.43. The number of hydrogen-bond acceptors (Lipinski definition) is 3. The van der Waals surface area contributed by atoms with Gasteiger partial charge in [0.25, 0.3) is 0 Å². The quantitative estimate of drug-likeness (QED) is 0.651. The summed E-state index contributed by atoms with van der Waals surface area (Å²) in [4.78, 5) is 11.9. The lowest BCUT2D eigenvalue weighted by Gasteiger charge is -2.11. The number of carbonyl (C=O) groups excluding carboxylic acids is 1. The second-order valence-electron chi connectivity index (χ2n) is 4.50. The van der Waals surface area contributed by atoms with E-state index in [9.17, 15) is 4.79 Å². The Morgan fingerprint density at radius 3 is 2.61 bits per heavy atom. The van der Waals surface area contributed by atoms with E-state index in [0.717, 1.165) is 5.56 Å². The van der Waals surface area contributed by atoms with Crippen LogP contribution in [0.3, 0.4) is 0 Å². The van der Waals surface area contributed by atoms with Crippen LogP contribution in [0.4, 0.5) is 5.69 Å². The van der Waals surface area contributed by atoms with E-state index in [1.807, 2.05) is 30.3 Å². The Kier molecular flexibility index (Phi) is 6.14. The molecule has 0 aliphatic carbocycles. The van der Waals surface area contributed by atoms with E-state index in [1.54, 1.807) is 31.4 Å². The Hall–Kier alpha value is -2.37. The van der Waals surface area contributed by atoms with Gasteiger partial charge >= 0.3 is 0 Å². The predicted octanol–water partition coefficient (Wildman–Crippen LogP) is 3.88. The molecule has 118 valence electrons. The normalized spacial score (nSPS) is 10.3. The summed E-state index contributed by atoms with van der Waals surface area (Å²) in [5.74, 6) is 0.285. The van der Waals surface area contributed by atoms with Crippen LogP contribution in [0.15, 0.2) is 54.6 Å². The summed E-state index contributed by atoms with van der Waals surface area (Å²) in [6.45, 7) is 0. The lowest BCUT2D eigenvalue weighted by atomic mass is 10.2. The van der Waals surface area contributed by atoms with Crippen molar-refractivity contribution in [3.8, 4) is 5.75 Å². The van der Waals surface area contributed by atoms with Crippen LogP contribution in [0.2, 0.25) is 5.02 Å². The maximum atomic E-state index is 11.9. The number of anilines is 1. The average molecular weight is 347 g/mol. The van der Waals surface area contributed by atoms with Crippen LogP contribution in [0.1, 0.15) is 5.56 Å². The van der Waals surface area contributed by atoms with Gasteiger partial charge in [0.15, 0.2) is 5.11 Å². The number of methoxy groups -OCH3 is 1. The minimum atomic E-state index is -0.350. The summed E-state index contributed by atoms with van der Waals surface area (Å²) in [7, 11) is 1.56. The summed E-state index contributed by atoms with van der Waals surface area (Å²) >= 11 is 11.1. The third-order valence-corrected chi connectivity index (χ3v) is 3.46. The molecule has 2 N–H and O–H groups in total. The summed E-state index contributed by atoms with van der Waals surface area (Å²) in [6, 6.07) is 14.5. The molecule has 2 aromatic carbocycles. The van der Waals surface area contributed by atoms with Gasteiger partial charge in [-0.15, -0.1) is 0 Å². The molecule has 0 unspecified atom stereocenters. The molecule has 0 saturated heterocycles. The average Bonchev–Trinajstić information content (AvgIpc) is 2.54. The lowest BCUT2D eigenvalue weighted by molar-refractivity contribution is -0.115. The molecule has 4 nitrogen and oxygen atoms in total. The fourth-order valence-electron chi connectivity index (χ4n) is 1.83. The Morgan fingerprint density at radius 2 is 1.87 bits per heavy atom. The van der Waals surface area contributed by atoms with E-state index >= 15 is 0 Å². The Balaban J connectivity index is 1.95. The molecule has 0 heterocycles. The monoisotopic (exact) mass is 346 g/mol. The largest absolute Gasteiger partial charge is 0.495 e. The van der Waals surface area contributed by atoms with Crippen molar-refractivity contribution in [2.24, 2.45) is 0 Å². The molecule has 0 fully saturated rings. The van der Waals surface area contributed by atoms with Gasteiger partial charge in [-0.1, -0.05) is 41.9 Å². The Bertz CT molecular complexity index is 747. The smallest absolute Gasteiger partial charge is 0.250 e. The zero-order chi connectivity index (χ0) is 16.7. The SMILES string of the molecule is COc1ccccc1NC(=S)NC(=O)C=Cc1ccccc1Cl. The zero-order valence-corrected chi connectivity index (χ0v) is 13.9. The van der Waals surface area contributed by atoms with Gasteiger partial charge in [-0.3, -0.25) is 10.1 Å². The first kappa shape index (κ1) is 17.0. The van der Waals surface area contributed by atoms with Crippen LogP contribution in [-0.4, -0.2) is 18.1 Å². The van der Waals surface area contributed by atoms with E-state index < -0.39 is 0 Å². The van der Waals surface area contributed by atoms with Crippen LogP contribution in [0.25, 0.3) is 6.08 Å². The first-order valence-corrected chi connectivity index (χ1v) is 7.56. The van der Waals surface area contributed by atoms with Gasteiger partial charge in [0.05, 0.1) is 12.8 Å². The van der Waals surface area contributed by atoms with Gasteiger partial charge in [0.2, 0.25) is 5.91 Å². The third kappa shape index (κ3) is 5.09. The molecule has 1 amide bonds. The molecule has 0 spiro atoms. The number of benzene rings is 2. The molecule has 2 aromatic rings. The number of ether oxygens (including phenoxy) is 1. The zero-order valence-electron chi connectivity index (χ0n) is 12.4. The highest BCUT2D eigenvalue weighted by Crippen LogP contribution is 2.22. The van der Waals surface area contributed by atoms with Crippen LogP contribution in [0.5, 0.6) is 5.75 Å². The van der Waals surface area contributed by atoms with Crippen LogP contribution in [0, 0.1) is 0 Å². The fourth-order valence-corrected chi connectivity index (χ4v) is 2.24. The molecule has 2 rings (SSSR count). The molecule has 6 heteroatoms. The van der Waals surface area contributed by atoms with Crippen LogP contribution in [-0.2, 0) is 4.79 Å². The molecule has 23 heavy (non-hydrogen) atoms. The lowest BCUT2D eigenvalue weighted by Crippen LogP contribution is -2.32. The van der Waals surface area contributed by atoms with E-state index in [0.29, 0.717) is 16.5 Å². The van der Waals surface area contributed by atoms with Crippen LogP contribution < -0.4 is 15.4 Å². The minimum Gasteiger partial charge on any atom is -0.495 e. The third-order valence-electron chi connectivity index (χ3n) is 2.91. The van der Waals surface area contributed by atoms with Crippen LogP contribution >= 0.6 is 23.8 Å². The molecule has 0 aliphatic heterocycles. The maximum Gasteiger partial charge on any atom is 0.250 e. The van der Waals surface area contributed by atoms with Crippen molar-refractivity contribution in [2.45, 2.75) is 0 Å². The first-order valence-electron chi connectivity index (χ1n) is 6.77. The molecular formula is C17H15ClN2O2S. The number of halogens is 1. The number of thiocarbonyl (C=S) groups is 1. The molecule has 0 aliphatic rings. The number of nitrogens with one attached hydrogen (secondary N) is 2. The summed E-state index contributed by atoms with van der Waals surface area (Å²) in [5, 5.41) is 6.24. The number of amides is 1. The Morgan fingerprint density at radius 1 is 1.17 bits per heavy atom. The van der Waals surface area contributed by atoms with Crippen molar-refractivity contribution < 1.29 is 9.53 Å². The second kappa shape index (κ2) is 8.31. The van der Waals surface area contributed by atoms with Gasteiger partial charge in [-0.2, -0.15) is 0 Å². The van der Waals surface area contributed by atoms with E-state index in [2.05, 4.69) is 10.6 Å². The van der Waals surface area contributed by atoms with Crippen molar-refractivity contribution in [1.29, 1.82) is 0 Å². The van der Waals surface area contributed by atoms with Gasteiger partial charge < -0.3 is 10.1 Å². The summed E-state index contributed by atoms with van der Waals surface area (Å²) in [6.07, 6.45) is 3.00. The van der Waals surface area contributed by atoms with Crippen molar-refractivity contribution >= 4 is 46.6 Å². The van der Waals surface area contributed by atoms with Gasteiger partial charge in [-0.05, 0) is 42.1 Å². The standard InChI is InChI=1S/C17H15ClN2O2S/c1-22-15-9-5-4-8-14(15)19-17(23)20-16(21)11-10-12-6-2-3-7-13(12)18/h2-11H,1H3,(H2,19,20,21,23). The first-order chi connectivity index (χ1) is 11.1. The highest BCUT2D eigenvalue weighted by Gasteiger charge is 2.05. The minimum absolute atomic E-state index is 0.184. The number of rotatable bonds is 4. The van der Waals surface area contributed by atoms with Crippen molar-refractivity contribution in [3.63, 3.8) is 0 Å². The van der Waals surface area contributed by atoms with E-state index in [4.69, 9.17) is 28.6 Å². The van der Waals surface area contributed by atoms with Crippen molar-refractivity contribution in [3.05, 3.63) is 65.2 Å². The van der Waals surface area contributed by atoms with Crippen molar-refractivity contribution in [1.82, 2.24) is 5.32 Å². The highest BCUT2D eigenvalue weighted by atomic mass is 35.5. The van der Waals surface area contributed by atoms with Gasteiger partial charge in [0.1, 0.15) is 5.75 Å². The van der Waals surface area contributed by atoms with E-state index in [1.165, 1.54) is 6.08 Å². The molecular weight excluding hydrogens is 332 g/mol. The molecule has 0 aromatic heterocycles. The molecule has 0 atom stereocenters. The van der Waals surface area contributed by atoms with Gasteiger partial charge in [0, 0.05) is 11.1 Å². The Labute approximate surface area is 145 Å². The molecule has 0 radical (unpaired) electrons. The number of para-hydroxylation sites is 2. The van der Waals surface area contributed by atoms with Crippen molar-refractivity contribution in [2.75, 3.05) is 12.4 Å². The number of hydrogen-bond donors (Lipinski definition) is 2. The fraction of sp³-hybridized carbons (Fsp3) is 0.0588. The summed E-state index contributed by atoms with van der Waals surface area (Å²) < 4.78 is 5.21. The molecule has 0 saturated carbocycles. The maximum absolute atomic E-state index is 11.9. The second-order valence-corrected chi connectivity index (χ2v) is 5.31.